The summed E-state index contributed by atoms with van der Waals surface area (Å²) in [4.78, 5) is 23.6. The highest BCUT2D eigenvalue weighted by Crippen LogP contribution is 2.34. The molecule has 7 heteroatoms. The van der Waals surface area contributed by atoms with Crippen LogP contribution >= 0.6 is 0 Å². The third kappa shape index (κ3) is 7.23. The number of nitrogens with one attached hydrogen (secondary N) is 1. The van der Waals surface area contributed by atoms with E-state index in [1.807, 2.05) is 48.5 Å². The van der Waals surface area contributed by atoms with Gasteiger partial charge in [0, 0.05) is 0 Å². The second-order valence-electron chi connectivity index (χ2n) is 10.1. The Balaban J connectivity index is 1.26. The predicted molar refractivity (Wildman–Crippen MR) is 136 cm³/mol. The van der Waals surface area contributed by atoms with E-state index in [4.69, 9.17) is 9.47 Å². The Kier molecular flexibility index (Phi) is 9.23. The van der Waals surface area contributed by atoms with Crippen LogP contribution in [-0.4, -0.2) is 48.5 Å². The summed E-state index contributed by atoms with van der Waals surface area (Å²) < 4.78 is 11.7. The molecule has 1 heterocycles. The lowest BCUT2D eigenvalue weighted by molar-refractivity contribution is -0.144. The number of ether oxygens (including phenoxy) is 2. The molecular weight excluding hydrogens is 458 g/mol. The van der Waals surface area contributed by atoms with Gasteiger partial charge >= 0.3 is 11.9 Å². The van der Waals surface area contributed by atoms with Gasteiger partial charge in [-0.3, -0.25) is 9.59 Å². The predicted octanol–water partition coefficient (Wildman–Crippen LogP) is 4.43. The zero-order chi connectivity index (χ0) is 25.3. The first-order valence-corrected chi connectivity index (χ1v) is 13.1. The van der Waals surface area contributed by atoms with Crippen LogP contribution < -0.4 is 14.8 Å². The molecule has 1 aliphatic carbocycles. The highest BCUT2D eigenvalue weighted by molar-refractivity contribution is 5.71. The second-order valence-corrected chi connectivity index (χ2v) is 10.1. The van der Waals surface area contributed by atoms with Crippen LogP contribution in [0.1, 0.15) is 43.2 Å². The van der Waals surface area contributed by atoms with Gasteiger partial charge in [0.05, 0.1) is 11.8 Å². The van der Waals surface area contributed by atoms with Gasteiger partial charge in [-0.15, -0.1) is 0 Å². The summed E-state index contributed by atoms with van der Waals surface area (Å²) in [5.74, 6) is -0.391. The lowest BCUT2D eigenvalue weighted by atomic mass is 9.86. The van der Waals surface area contributed by atoms with Gasteiger partial charge < -0.3 is 25.0 Å². The Bertz CT molecular complexity index is 931. The van der Waals surface area contributed by atoms with Gasteiger partial charge in [-0.25, -0.2) is 0 Å². The maximum atomic E-state index is 11.8. The molecule has 3 atom stereocenters. The molecule has 0 aromatic heterocycles. The van der Waals surface area contributed by atoms with Gasteiger partial charge in [0.25, 0.3) is 0 Å². The molecular formula is C29H37NO6. The molecule has 1 saturated heterocycles. The van der Waals surface area contributed by atoms with E-state index < -0.39 is 17.9 Å². The Morgan fingerprint density at radius 3 is 1.81 bits per heavy atom. The van der Waals surface area contributed by atoms with Crippen LogP contribution in [0.4, 0.5) is 0 Å². The zero-order valence-corrected chi connectivity index (χ0v) is 20.7. The van der Waals surface area contributed by atoms with Crippen molar-refractivity contribution in [1.29, 1.82) is 0 Å². The smallest absolute Gasteiger partial charge is 0.307 e. The molecule has 2 aromatic rings. The molecule has 0 amide bonds. The van der Waals surface area contributed by atoms with Gasteiger partial charge in [-0.2, -0.15) is 0 Å². The molecule has 194 valence electrons. The summed E-state index contributed by atoms with van der Waals surface area (Å²) >= 11 is 0. The third-order valence-corrected chi connectivity index (χ3v) is 7.60. The molecule has 7 nitrogen and oxygen atoms in total. The number of carbonyl (C=O) groups is 2. The lowest BCUT2D eigenvalue weighted by Gasteiger charge is -2.19. The number of hydrogen-bond acceptors (Lipinski definition) is 5. The van der Waals surface area contributed by atoms with E-state index in [2.05, 4.69) is 5.32 Å². The van der Waals surface area contributed by atoms with Gasteiger partial charge in [0.15, 0.2) is 0 Å². The van der Waals surface area contributed by atoms with E-state index in [0.717, 1.165) is 56.3 Å². The second kappa shape index (κ2) is 12.8. The van der Waals surface area contributed by atoms with Crippen LogP contribution in [0.3, 0.4) is 0 Å². The quantitative estimate of drug-likeness (QED) is 0.353. The molecule has 0 spiro atoms. The van der Waals surface area contributed by atoms with Crippen molar-refractivity contribution in [1.82, 2.24) is 5.32 Å². The van der Waals surface area contributed by atoms with Crippen LogP contribution in [0.2, 0.25) is 0 Å². The number of aliphatic carboxylic acids is 2. The van der Waals surface area contributed by atoms with Crippen LogP contribution in [0.25, 0.3) is 0 Å². The molecule has 1 saturated carbocycles. The SMILES string of the molecule is O=C(O)[C@@H](Cc1cccc(OCCOc2cccc(C[C@H](C(=O)O)[C@H]3CCNC3)c2)c1)C1CCCC1. The first kappa shape index (κ1) is 26.0. The maximum absolute atomic E-state index is 11.8. The van der Waals surface area contributed by atoms with E-state index in [9.17, 15) is 19.8 Å². The monoisotopic (exact) mass is 495 g/mol. The van der Waals surface area contributed by atoms with Gasteiger partial charge in [-0.05, 0) is 92.4 Å². The van der Waals surface area contributed by atoms with Gasteiger partial charge in [0.2, 0.25) is 0 Å². The number of hydrogen-bond donors (Lipinski definition) is 3. The van der Waals surface area contributed by atoms with Crippen molar-refractivity contribution in [2.75, 3.05) is 26.3 Å². The molecule has 3 N–H and O–H groups in total. The van der Waals surface area contributed by atoms with Crippen LogP contribution in [-0.2, 0) is 22.4 Å². The maximum Gasteiger partial charge on any atom is 0.307 e. The van der Waals surface area contributed by atoms with Gasteiger partial charge in [0.1, 0.15) is 24.7 Å². The molecule has 0 bridgehead atoms. The summed E-state index contributed by atoms with van der Waals surface area (Å²) in [6, 6.07) is 15.3. The molecule has 2 aromatic carbocycles. The standard InChI is InChI=1S/C29H37NO6/c31-28(32)26(22-7-1-2-8-22)17-20-5-3-9-24(15-20)35-13-14-36-25-10-4-6-21(16-25)18-27(29(33)34)23-11-12-30-19-23/h3-6,9-10,15-16,22-23,26-27,30H,1-2,7-8,11-14,17-19H2,(H,31,32)(H,33,34)/t23-,26-,27-/m0/s1. The summed E-state index contributed by atoms with van der Waals surface area (Å²) in [6.07, 6.45) is 6.15. The van der Waals surface area contributed by atoms with E-state index in [0.29, 0.717) is 37.6 Å². The highest BCUT2D eigenvalue weighted by Gasteiger charge is 2.31. The lowest BCUT2D eigenvalue weighted by Crippen LogP contribution is -2.27. The summed E-state index contributed by atoms with van der Waals surface area (Å²) in [6.45, 7) is 2.33. The van der Waals surface area contributed by atoms with E-state index in [1.54, 1.807) is 0 Å². The van der Waals surface area contributed by atoms with Crippen molar-refractivity contribution < 1.29 is 29.3 Å². The van der Waals surface area contributed by atoms with E-state index in [1.165, 1.54) is 0 Å². The summed E-state index contributed by atoms with van der Waals surface area (Å²) in [5, 5.41) is 22.7. The van der Waals surface area contributed by atoms with Crippen molar-refractivity contribution in [2.45, 2.75) is 44.9 Å². The fourth-order valence-electron chi connectivity index (χ4n) is 5.64. The minimum absolute atomic E-state index is 0.153. The minimum Gasteiger partial charge on any atom is -0.490 e. The highest BCUT2D eigenvalue weighted by atomic mass is 16.5. The molecule has 36 heavy (non-hydrogen) atoms. The Hall–Kier alpha value is -3.06. The minimum atomic E-state index is -0.747. The number of carboxylic acids is 2. The molecule has 0 radical (unpaired) electrons. The van der Waals surface area contributed by atoms with Crippen molar-refractivity contribution in [3.8, 4) is 11.5 Å². The summed E-state index contributed by atoms with van der Waals surface area (Å²) in [5.41, 5.74) is 1.93. The first-order valence-electron chi connectivity index (χ1n) is 13.1. The normalized spacial score (nSPS) is 19.6. The van der Waals surface area contributed by atoms with Crippen LogP contribution in [0.15, 0.2) is 48.5 Å². The first-order chi connectivity index (χ1) is 17.5. The molecule has 2 fully saturated rings. The molecule has 0 unspecified atom stereocenters. The van der Waals surface area contributed by atoms with Crippen LogP contribution in [0, 0.1) is 23.7 Å². The Morgan fingerprint density at radius 2 is 1.33 bits per heavy atom. The number of carboxylic acid groups (broad SMARTS) is 2. The molecule has 1 aliphatic heterocycles. The van der Waals surface area contributed by atoms with Crippen molar-refractivity contribution >= 4 is 11.9 Å². The molecule has 4 rings (SSSR count). The van der Waals surface area contributed by atoms with Crippen molar-refractivity contribution in [2.24, 2.45) is 23.7 Å². The Morgan fingerprint density at radius 1 is 0.806 bits per heavy atom. The van der Waals surface area contributed by atoms with E-state index in [-0.39, 0.29) is 17.8 Å². The summed E-state index contributed by atoms with van der Waals surface area (Å²) in [7, 11) is 0. The van der Waals surface area contributed by atoms with E-state index >= 15 is 0 Å². The fraction of sp³-hybridized carbons (Fsp3) is 0.517. The third-order valence-electron chi connectivity index (χ3n) is 7.60. The largest absolute Gasteiger partial charge is 0.490 e. The van der Waals surface area contributed by atoms with Crippen molar-refractivity contribution in [3.05, 3.63) is 59.7 Å². The average molecular weight is 496 g/mol. The zero-order valence-electron chi connectivity index (χ0n) is 20.7. The topological polar surface area (TPSA) is 105 Å². The fourth-order valence-corrected chi connectivity index (χ4v) is 5.64. The molecule has 2 aliphatic rings. The van der Waals surface area contributed by atoms with Crippen LogP contribution in [0.5, 0.6) is 11.5 Å². The average Bonchev–Trinajstić information content (AvgIpc) is 3.59. The Labute approximate surface area is 212 Å². The van der Waals surface area contributed by atoms with Gasteiger partial charge in [-0.1, -0.05) is 37.1 Å². The van der Waals surface area contributed by atoms with Crippen molar-refractivity contribution in [3.63, 3.8) is 0 Å². The number of rotatable bonds is 13. The number of benzene rings is 2.